The van der Waals surface area contributed by atoms with E-state index in [2.05, 4.69) is 62.7 Å². The standard InChI is InChI=1S/C18H25NO2/c1-13(2)20-15-5-6-17-14(11-15)8-10-19(17)12-16-7-9-18(3,4)21-16/h5-6,8,10-11,13,16H,7,9,12H2,1-4H3. The van der Waals surface area contributed by atoms with Crippen LogP contribution in [0.5, 0.6) is 5.75 Å². The Balaban J connectivity index is 1.78. The molecule has 3 nitrogen and oxygen atoms in total. The predicted octanol–water partition coefficient (Wildman–Crippen LogP) is 4.39. The first-order valence-corrected chi connectivity index (χ1v) is 7.86. The molecule has 0 amide bonds. The molecule has 1 aromatic carbocycles. The highest BCUT2D eigenvalue weighted by Crippen LogP contribution is 2.31. The van der Waals surface area contributed by atoms with Crippen LogP contribution in [0.4, 0.5) is 0 Å². The van der Waals surface area contributed by atoms with E-state index in [-0.39, 0.29) is 11.7 Å². The largest absolute Gasteiger partial charge is 0.491 e. The summed E-state index contributed by atoms with van der Waals surface area (Å²) in [5.74, 6) is 0.938. The van der Waals surface area contributed by atoms with Gasteiger partial charge < -0.3 is 14.0 Å². The molecule has 1 saturated heterocycles. The van der Waals surface area contributed by atoms with Crippen LogP contribution in [-0.4, -0.2) is 22.4 Å². The third kappa shape index (κ3) is 3.24. The van der Waals surface area contributed by atoms with Gasteiger partial charge in [-0.1, -0.05) is 0 Å². The normalized spacial score (nSPS) is 21.3. The fraction of sp³-hybridized carbons (Fsp3) is 0.556. The Morgan fingerprint density at radius 2 is 2.14 bits per heavy atom. The summed E-state index contributed by atoms with van der Waals surface area (Å²) in [6.45, 7) is 9.38. The highest BCUT2D eigenvalue weighted by Gasteiger charge is 2.31. The van der Waals surface area contributed by atoms with Crippen LogP contribution >= 0.6 is 0 Å². The molecular weight excluding hydrogens is 262 g/mol. The van der Waals surface area contributed by atoms with Gasteiger partial charge in [-0.2, -0.15) is 0 Å². The fourth-order valence-electron chi connectivity index (χ4n) is 3.11. The molecule has 1 aromatic heterocycles. The molecule has 1 atom stereocenters. The Labute approximate surface area is 126 Å². The van der Waals surface area contributed by atoms with Crippen LogP contribution in [0.1, 0.15) is 40.5 Å². The highest BCUT2D eigenvalue weighted by molar-refractivity contribution is 5.81. The summed E-state index contributed by atoms with van der Waals surface area (Å²) in [5, 5.41) is 1.23. The number of hydrogen-bond acceptors (Lipinski definition) is 2. The Morgan fingerprint density at radius 3 is 2.81 bits per heavy atom. The van der Waals surface area contributed by atoms with Crippen LogP contribution in [0.3, 0.4) is 0 Å². The van der Waals surface area contributed by atoms with Crippen molar-refractivity contribution in [1.82, 2.24) is 4.57 Å². The Hall–Kier alpha value is -1.48. The first kappa shape index (κ1) is 14.5. The minimum atomic E-state index is 0.0336. The molecule has 0 bridgehead atoms. The monoisotopic (exact) mass is 287 g/mol. The first-order valence-electron chi connectivity index (χ1n) is 7.86. The second-order valence-electron chi connectivity index (χ2n) is 6.89. The molecule has 21 heavy (non-hydrogen) atoms. The average molecular weight is 287 g/mol. The van der Waals surface area contributed by atoms with Crippen molar-refractivity contribution in [3.63, 3.8) is 0 Å². The topological polar surface area (TPSA) is 23.4 Å². The van der Waals surface area contributed by atoms with Gasteiger partial charge in [0.2, 0.25) is 0 Å². The first-order chi connectivity index (χ1) is 9.93. The van der Waals surface area contributed by atoms with Gasteiger partial charge in [0.05, 0.1) is 17.8 Å². The van der Waals surface area contributed by atoms with Crippen LogP contribution < -0.4 is 4.74 Å². The van der Waals surface area contributed by atoms with Gasteiger partial charge in [-0.3, -0.25) is 0 Å². The summed E-state index contributed by atoms with van der Waals surface area (Å²) < 4.78 is 14.2. The molecule has 1 unspecified atom stereocenters. The number of nitrogens with zero attached hydrogens (tertiary/aromatic N) is 1. The van der Waals surface area contributed by atoms with Crippen molar-refractivity contribution in [3.05, 3.63) is 30.5 Å². The van der Waals surface area contributed by atoms with Crippen molar-refractivity contribution < 1.29 is 9.47 Å². The highest BCUT2D eigenvalue weighted by atomic mass is 16.5. The molecule has 0 aliphatic carbocycles. The van der Waals surface area contributed by atoms with E-state index in [9.17, 15) is 0 Å². The van der Waals surface area contributed by atoms with Gasteiger partial charge >= 0.3 is 0 Å². The minimum Gasteiger partial charge on any atom is -0.491 e. The van der Waals surface area contributed by atoms with Crippen LogP contribution in [0, 0.1) is 0 Å². The molecule has 2 heterocycles. The van der Waals surface area contributed by atoms with Gasteiger partial charge in [0.15, 0.2) is 0 Å². The average Bonchev–Trinajstić information content (AvgIpc) is 2.93. The van der Waals surface area contributed by atoms with Crippen LogP contribution in [0.15, 0.2) is 30.5 Å². The number of rotatable bonds is 4. The molecule has 3 rings (SSSR count). The van der Waals surface area contributed by atoms with Gasteiger partial charge in [0.25, 0.3) is 0 Å². The molecule has 0 N–H and O–H groups in total. The van der Waals surface area contributed by atoms with Gasteiger partial charge in [-0.05, 0) is 64.8 Å². The summed E-state index contributed by atoms with van der Waals surface area (Å²) >= 11 is 0. The fourth-order valence-corrected chi connectivity index (χ4v) is 3.11. The maximum Gasteiger partial charge on any atom is 0.120 e. The quantitative estimate of drug-likeness (QED) is 0.832. The lowest BCUT2D eigenvalue weighted by atomic mass is 10.1. The molecule has 3 heteroatoms. The SMILES string of the molecule is CC(C)Oc1ccc2c(ccn2CC2CCC(C)(C)O2)c1. The Kier molecular flexibility index (Phi) is 3.70. The number of hydrogen-bond donors (Lipinski definition) is 0. The summed E-state index contributed by atoms with van der Waals surface area (Å²) in [7, 11) is 0. The third-order valence-corrected chi connectivity index (χ3v) is 4.07. The molecule has 0 radical (unpaired) electrons. The summed E-state index contributed by atoms with van der Waals surface area (Å²) in [4.78, 5) is 0. The number of aromatic nitrogens is 1. The second kappa shape index (κ2) is 5.38. The van der Waals surface area contributed by atoms with Crippen molar-refractivity contribution in [2.24, 2.45) is 0 Å². The zero-order valence-electron chi connectivity index (χ0n) is 13.4. The van der Waals surface area contributed by atoms with E-state index in [1.165, 1.54) is 10.9 Å². The van der Waals surface area contributed by atoms with Gasteiger partial charge in [0, 0.05) is 23.6 Å². The van der Waals surface area contributed by atoms with E-state index < -0.39 is 0 Å². The maximum atomic E-state index is 6.10. The van der Waals surface area contributed by atoms with E-state index in [0.29, 0.717) is 6.10 Å². The van der Waals surface area contributed by atoms with Crippen LogP contribution in [-0.2, 0) is 11.3 Å². The number of benzene rings is 1. The molecule has 1 aliphatic rings. The summed E-state index contributed by atoms with van der Waals surface area (Å²) in [5.41, 5.74) is 1.28. The van der Waals surface area contributed by atoms with E-state index in [1.807, 2.05) is 0 Å². The third-order valence-electron chi connectivity index (χ3n) is 4.07. The van der Waals surface area contributed by atoms with Crippen molar-refractivity contribution in [2.45, 2.75) is 64.9 Å². The lowest BCUT2D eigenvalue weighted by molar-refractivity contribution is -0.0212. The second-order valence-corrected chi connectivity index (χ2v) is 6.89. The predicted molar refractivity (Wildman–Crippen MR) is 85.9 cm³/mol. The summed E-state index contributed by atoms with van der Waals surface area (Å²) in [6, 6.07) is 8.47. The number of fused-ring (bicyclic) bond motifs is 1. The Bertz CT molecular complexity index is 627. The van der Waals surface area contributed by atoms with Crippen LogP contribution in [0.2, 0.25) is 0 Å². The van der Waals surface area contributed by atoms with Crippen molar-refractivity contribution in [2.75, 3.05) is 0 Å². The van der Waals surface area contributed by atoms with Gasteiger partial charge in [-0.25, -0.2) is 0 Å². The smallest absolute Gasteiger partial charge is 0.120 e. The van der Waals surface area contributed by atoms with E-state index >= 15 is 0 Å². The van der Waals surface area contributed by atoms with E-state index in [1.54, 1.807) is 0 Å². The van der Waals surface area contributed by atoms with E-state index in [4.69, 9.17) is 9.47 Å². The lowest BCUT2D eigenvalue weighted by Crippen LogP contribution is -2.22. The zero-order chi connectivity index (χ0) is 15.0. The zero-order valence-corrected chi connectivity index (χ0v) is 13.4. The minimum absolute atomic E-state index is 0.0336. The van der Waals surface area contributed by atoms with Crippen molar-refractivity contribution in [3.8, 4) is 5.75 Å². The Morgan fingerprint density at radius 1 is 1.33 bits per heavy atom. The van der Waals surface area contributed by atoms with Gasteiger partial charge in [0.1, 0.15) is 5.75 Å². The maximum absolute atomic E-state index is 6.10. The van der Waals surface area contributed by atoms with Crippen LogP contribution in [0.25, 0.3) is 10.9 Å². The summed E-state index contributed by atoms with van der Waals surface area (Å²) in [6.07, 6.45) is 4.96. The number of ether oxygens (including phenoxy) is 2. The molecule has 0 spiro atoms. The molecular formula is C18H25NO2. The molecule has 1 aliphatic heterocycles. The molecule has 2 aromatic rings. The molecule has 0 saturated carbocycles. The van der Waals surface area contributed by atoms with Gasteiger partial charge in [-0.15, -0.1) is 0 Å². The molecule has 1 fully saturated rings. The van der Waals surface area contributed by atoms with E-state index in [0.717, 1.165) is 25.1 Å². The lowest BCUT2D eigenvalue weighted by Gasteiger charge is -2.20. The van der Waals surface area contributed by atoms with Crippen molar-refractivity contribution in [1.29, 1.82) is 0 Å². The van der Waals surface area contributed by atoms with Crippen molar-refractivity contribution >= 4 is 10.9 Å². The molecule has 114 valence electrons.